The summed E-state index contributed by atoms with van der Waals surface area (Å²) in [5.74, 6) is 0.308. The van der Waals surface area contributed by atoms with Crippen LogP contribution in [0.3, 0.4) is 0 Å². The topological polar surface area (TPSA) is 88.7 Å². The molecule has 3 heterocycles. The lowest BCUT2D eigenvalue weighted by Crippen LogP contribution is -2.45. The molecule has 1 saturated heterocycles. The lowest BCUT2D eigenvalue weighted by molar-refractivity contribution is -0.135. The van der Waals surface area contributed by atoms with E-state index in [-0.39, 0.29) is 30.7 Å². The van der Waals surface area contributed by atoms with Crippen molar-refractivity contribution in [1.29, 1.82) is 0 Å². The van der Waals surface area contributed by atoms with Crippen LogP contribution in [0.15, 0.2) is 28.9 Å². The number of likely N-dealkylation sites (tertiary alicyclic amines) is 1. The van der Waals surface area contributed by atoms with Crippen LogP contribution in [0, 0.1) is 5.95 Å². The lowest BCUT2D eigenvalue weighted by atomic mass is 9.85. The van der Waals surface area contributed by atoms with E-state index >= 15 is 0 Å². The van der Waals surface area contributed by atoms with E-state index in [9.17, 15) is 14.3 Å². The first-order valence-corrected chi connectivity index (χ1v) is 8.71. The molecule has 2 aromatic heterocycles. The maximum absolute atomic E-state index is 13.9. The highest BCUT2D eigenvalue weighted by Crippen LogP contribution is 2.33. The molecular weight excluding hydrogens is 341 g/mol. The number of halogens is 1. The summed E-state index contributed by atoms with van der Waals surface area (Å²) in [6, 6.07) is 4.82. The zero-order chi connectivity index (χ0) is 18.6. The molecule has 0 aliphatic carbocycles. The van der Waals surface area contributed by atoms with Crippen molar-refractivity contribution in [2.75, 3.05) is 19.7 Å². The third kappa shape index (κ3) is 4.01. The molecule has 0 aromatic carbocycles. The van der Waals surface area contributed by atoms with Gasteiger partial charge in [0.15, 0.2) is 0 Å². The predicted octanol–water partition coefficient (Wildman–Crippen LogP) is 2.05. The number of rotatable bonds is 6. The van der Waals surface area contributed by atoms with Gasteiger partial charge in [-0.25, -0.2) is 4.98 Å². The Labute approximate surface area is 150 Å². The van der Waals surface area contributed by atoms with Gasteiger partial charge in [0.2, 0.25) is 11.9 Å². The molecule has 2 aromatic rings. The lowest BCUT2D eigenvalue weighted by Gasteiger charge is -2.38. The number of piperidine rings is 1. The molecule has 0 spiro atoms. The molecule has 1 N–H and O–H groups in total. The van der Waals surface area contributed by atoms with E-state index in [1.165, 1.54) is 6.20 Å². The van der Waals surface area contributed by atoms with Gasteiger partial charge in [-0.2, -0.15) is 4.39 Å². The smallest absolute Gasteiger partial charge is 0.254 e. The van der Waals surface area contributed by atoms with Gasteiger partial charge in [0.1, 0.15) is 5.76 Å². The van der Waals surface area contributed by atoms with Crippen molar-refractivity contribution in [3.63, 3.8) is 0 Å². The van der Waals surface area contributed by atoms with Crippen LogP contribution in [-0.4, -0.2) is 45.8 Å². The van der Waals surface area contributed by atoms with Crippen molar-refractivity contribution < 1.29 is 23.6 Å². The number of pyridine rings is 1. The average molecular weight is 363 g/mol. The Balaban J connectivity index is 1.52. The summed E-state index contributed by atoms with van der Waals surface area (Å²) >= 11 is 0. The molecule has 1 fully saturated rings. The van der Waals surface area contributed by atoms with Crippen LogP contribution >= 0.6 is 0 Å². The fraction of sp³-hybridized carbons (Fsp3) is 0.500. The van der Waals surface area contributed by atoms with Gasteiger partial charge in [-0.05, 0) is 31.0 Å². The van der Waals surface area contributed by atoms with Crippen LogP contribution in [0.5, 0.6) is 5.88 Å². The van der Waals surface area contributed by atoms with Crippen LogP contribution < -0.4 is 4.74 Å². The fourth-order valence-electron chi connectivity index (χ4n) is 3.14. The van der Waals surface area contributed by atoms with Crippen LogP contribution in [-0.2, 0) is 16.8 Å². The molecule has 140 valence electrons. The molecule has 0 bridgehead atoms. The Morgan fingerprint density at radius 3 is 2.92 bits per heavy atom. The van der Waals surface area contributed by atoms with Crippen LogP contribution in [0.25, 0.3) is 0 Å². The summed E-state index contributed by atoms with van der Waals surface area (Å²) in [6.45, 7) is 3.08. The van der Waals surface area contributed by atoms with E-state index < -0.39 is 11.5 Å². The molecule has 0 saturated carbocycles. The number of nitrogens with zero attached hydrogens (tertiary/aromatic N) is 3. The van der Waals surface area contributed by atoms with Gasteiger partial charge in [-0.3, -0.25) is 4.79 Å². The molecule has 1 aliphatic rings. The summed E-state index contributed by atoms with van der Waals surface area (Å²) in [4.78, 5) is 17.7. The van der Waals surface area contributed by atoms with E-state index in [0.717, 1.165) is 0 Å². The Bertz CT molecular complexity index is 756. The second-order valence-electron chi connectivity index (χ2n) is 6.32. The standard InChI is InChI=1S/C18H22FN3O4/c1-2-25-15-12-13(26-21-15)5-6-16(23)22-10-7-18(24,8-11-22)14-4-3-9-20-17(14)19/h3-4,9,12,24H,2,5-8,10-11H2,1H3. The van der Waals surface area contributed by atoms with Crippen molar-refractivity contribution in [1.82, 2.24) is 15.0 Å². The average Bonchev–Trinajstić information content (AvgIpc) is 3.08. The summed E-state index contributed by atoms with van der Waals surface area (Å²) in [5, 5.41) is 14.5. The first-order chi connectivity index (χ1) is 12.5. The van der Waals surface area contributed by atoms with Gasteiger partial charge in [-0.1, -0.05) is 6.07 Å². The van der Waals surface area contributed by atoms with Crippen molar-refractivity contribution in [2.45, 2.75) is 38.2 Å². The summed E-state index contributed by atoms with van der Waals surface area (Å²) in [6.07, 6.45) is 2.61. The monoisotopic (exact) mass is 363 g/mol. The molecule has 0 unspecified atom stereocenters. The second kappa shape index (κ2) is 7.82. The quantitative estimate of drug-likeness (QED) is 0.790. The highest BCUT2D eigenvalue weighted by Gasteiger charge is 2.37. The molecule has 8 heteroatoms. The number of ether oxygens (including phenoxy) is 1. The number of amides is 1. The number of hydrogen-bond acceptors (Lipinski definition) is 6. The maximum atomic E-state index is 13.9. The van der Waals surface area contributed by atoms with Crippen LogP contribution in [0.1, 0.15) is 37.5 Å². The van der Waals surface area contributed by atoms with Gasteiger partial charge >= 0.3 is 0 Å². The second-order valence-corrected chi connectivity index (χ2v) is 6.32. The molecular formula is C18H22FN3O4. The Hall–Kier alpha value is -2.48. The first-order valence-electron chi connectivity index (χ1n) is 8.71. The van der Waals surface area contributed by atoms with Gasteiger partial charge in [0, 0.05) is 43.8 Å². The number of aryl methyl sites for hydroxylation is 1. The summed E-state index contributed by atoms with van der Waals surface area (Å²) in [5.41, 5.74) is -1.09. The number of aliphatic hydroxyl groups is 1. The Morgan fingerprint density at radius 1 is 1.46 bits per heavy atom. The third-order valence-electron chi connectivity index (χ3n) is 4.62. The third-order valence-corrected chi connectivity index (χ3v) is 4.62. The minimum absolute atomic E-state index is 0.0342. The normalized spacial score (nSPS) is 16.5. The molecule has 26 heavy (non-hydrogen) atoms. The predicted molar refractivity (Wildman–Crippen MR) is 89.9 cm³/mol. The van der Waals surface area contributed by atoms with Crippen LogP contribution in [0.4, 0.5) is 4.39 Å². The van der Waals surface area contributed by atoms with Gasteiger partial charge in [0.25, 0.3) is 5.88 Å². The summed E-state index contributed by atoms with van der Waals surface area (Å²) in [7, 11) is 0. The van der Waals surface area contributed by atoms with Crippen molar-refractivity contribution in [3.05, 3.63) is 41.7 Å². The Morgan fingerprint density at radius 2 is 2.23 bits per heavy atom. The fourth-order valence-corrected chi connectivity index (χ4v) is 3.14. The molecule has 1 aliphatic heterocycles. The van der Waals surface area contributed by atoms with Gasteiger partial charge < -0.3 is 19.3 Å². The van der Waals surface area contributed by atoms with Crippen molar-refractivity contribution >= 4 is 5.91 Å². The molecule has 0 radical (unpaired) electrons. The van der Waals surface area contributed by atoms with E-state index in [0.29, 0.717) is 37.8 Å². The van der Waals surface area contributed by atoms with Crippen molar-refractivity contribution in [3.8, 4) is 5.88 Å². The molecule has 7 nitrogen and oxygen atoms in total. The number of carbonyl (C=O) groups is 1. The SMILES string of the molecule is CCOc1cc(CCC(=O)N2CCC(O)(c3cccnc3F)CC2)on1. The van der Waals surface area contributed by atoms with Gasteiger partial charge in [-0.15, -0.1) is 0 Å². The van der Waals surface area contributed by atoms with E-state index in [2.05, 4.69) is 10.1 Å². The molecule has 3 rings (SSSR count). The van der Waals surface area contributed by atoms with Gasteiger partial charge in [0.05, 0.1) is 12.2 Å². The maximum Gasteiger partial charge on any atom is 0.254 e. The number of carbonyl (C=O) groups excluding carboxylic acids is 1. The highest BCUT2D eigenvalue weighted by atomic mass is 19.1. The van der Waals surface area contributed by atoms with E-state index in [1.807, 2.05) is 6.92 Å². The number of hydrogen-bond donors (Lipinski definition) is 1. The minimum Gasteiger partial charge on any atom is -0.476 e. The molecule has 1 amide bonds. The van der Waals surface area contributed by atoms with Crippen molar-refractivity contribution in [2.24, 2.45) is 0 Å². The van der Waals surface area contributed by atoms with Crippen LogP contribution in [0.2, 0.25) is 0 Å². The highest BCUT2D eigenvalue weighted by molar-refractivity contribution is 5.76. The summed E-state index contributed by atoms with van der Waals surface area (Å²) < 4.78 is 24.2. The zero-order valence-electron chi connectivity index (χ0n) is 14.7. The first kappa shape index (κ1) is 18.3. The minimum atomic E-state index is -1.29. The largest absolute Gasteiger partial charge is 0.476 e. The number of aromatic nitrogens is 2. The molecule has 0 atom stereocenters. The van der Waals surface area contributed by atoms with E-state index in [4.69, 9.17) is 9.26 Å². The zero-order valence-corrected chi connectivity index (χ0v) is 14.7. The Kier molecular flexibility index (Phi) is 5.51. The van der Waals surface area contributed by atoms with E-state index in [1.54, 1.807) is 23.1 Å².